The first kappa shape index (κ1) is 14.2. The summed E-state index contributed by atoms with van der Waals surface area (Å²) in [5, 5.41) is 6.72. The first-order valence-corrected chi connectivity index (χ1v) is 7.96. The molecule has 0 aromatic carbocycles. The highest BCUT2D eigenvalue weighted by molar-refractivity contribution is 7.91. The highest BCUT2D eigenvalue weighted by Crippen LogP contribution is 2.21. The standard InChI is InChI=1S/C11H15N3O3S2/c1-8-5-9(14-17-8)6-13-19(15,16)11-4-3-10(18-11)7-12-2/h3-5,12-13H,6-7H2,1-2H3. The zero-order valence-electron chi connectivity index (χ0n) is 10.6. The van der Waals surface area contributed by atoms with Crippen LogP contribution >= 0.6 is 11.3 Å². The molecule has 0 saturated carbocycles. The molecule has 0 saturated heterocycles. The molecule has 0 radical (unpaired) electrons. The summed E-state index contributed by atoms with van der Waals surface area (Å²) in [4.78, 5) is 0.972. The van der Waals surface area contributed by atoms with Crippen molar-refractivity contribution < 1.29 is 12.9 Å². The Morgan fingerprint density at radius 3 is 2.79 bits per heavy atom. The third kappa shape index (κ3) is 3.63. The molecular weight excluding hydrogens is 286 g/mol. The van der Waals surface area contributed by atoms with Crippen LogP contribution < -0.4 is 10.0 Å². The van der Waals surface area contributed by atoms with Crippen molar-refractivity contribution in [2.75, 3.05) is 7.05 Å². The molecular formula is C11H15N3O3S2. The van der Waals surface area contributed by atoms with Crippen LogP contribution in [0.15, 0.2) is 26.9 Å². The van der Waals surface area contributed by atoms with Gasteiger partial charge in [-0.05, 0) is 26.1 Å². The van der Waals surface area contributed by atoms with E-state index < -0.39 is 10.0 Å². The molecule has 8 heteroatoms. The minimum Gasteiger partial charge on any atom is -0.361 e. The molecule has 0 aliphatic carbocycles. The van der Waals surface area contributed by atoms with E-state index in [1.165, 1.54) is 11.3 Å². The Bertz CT molecular complexity index is 646. The lowest BCUT2D eigenvalue weighted by atomic mass is 10.4. The Kier molecular flexibility index (Phi) is 4.35. The minimum absolute atomic E-state index is 0.124. The summed E-state index contributed by atoms with van der Waals surface area (Å²) in [6.45, 7) is 2.54. The number of hydrogen-bond donors (Lipinski definition) is 2. The molecule has 2 aromatic rings. The highest BCUT2D eigenvalue weighted by atomic mass is 32.2. The van der Waals surface area contributed by atoms with Crippen molar-refractivity contribution >= 4 is 21.4 Å². The van der Waals surface area contributed by atoms with Gasteiger partial charge in [0.2, 0.25) is 10.0 Å². The Morgan fingerprint density at radius 2 is 2.16 bits per heavy atom. The summed E-state index contributed by atoms with van der Waals surface area (Å²) in [7, 11) is -1.67. The van der Waals surface area contributed by atoms with Gasteiger partial charge >= 0.3 is 0 Å². The van der Waals surface area contributed by atoms with Crippen LogP contribution in [0.3, 0.4) is 0 Å². The molecule has 19 heavy (non-hydrogen) atoms. The first-order chi connectivity index (χ1) is 9.01. The predicted octanol–water partition coefficient (Wildman–Crippen LogP) is 1.24. The van der Waals surface area contributed by atoms with E-state index in [-0.39, 0.29) is 6.54 Å². The van der Waals surface area contributed by atoms with Crippen LogP contribution in [0.5, 0.6) is 0 Å². The molecule has 2 rings (SSSR count). The van der Waals surface area contributed by atoms with E-state index in [1.54, 1.807) is 25.1 Å². The normalized spacial score (nSPS) is 11.9. The second-order valence-corrected chi connectivity index (χ2v) is 7.17. The second kappa shape index (κ2) is 5.83. The number of thiophene rings is 1. The number of sulfonamides is 1. The van der Waals surface area contributed by atoms with E-state index in [0.29, 0.717) is 22.2 Å². The lowest BCUT2D eigenvalue weighted by Crippen LogP contribution is -2.22. The average Bonchev–Trinajstić information content (AvgIpc) is 2.97. The number of aromatic nitrogens is 1. The molecule has 2 aromatic heterocycles. The Hall–Kier alpha value is -1.22. The van der Waals surface area contributed by atoms with Crippen molar-refractivity contribution in [2.45, 2.75) is 24.2 Å². The second-order valence-electron chi connectivity index (χ2n) is 4.00. The summed E-state index contributed by atoms with van der Waals surface area (Å²) in [5.41, 5.74) is 0.563. The summed E-state index contributed by atoms with van der Waals surface area (Å²) in [6.07, 6.45) is 0. The molecule has 2 N–H and O–H groups in total. The zero-order chi connectivity index (χ0) is 13.9. The summed E-state index contributed by atoms with van der Waals surface area (Å²) >= 11 is 1.25. The molecule has 6 nitrogen and oxygen atoms in total. The van der Waals surface area contributed by atoms with E-state index >= 15 is 0 Å². The summed E-state index contributed by atoms with van der Waals surface area (Å²) < 4.78 is 31.8. The van der Waals surface area contributed by atoms with Crippen molar-refractivity contribution in [3.05, 3.63) is 34.5 Å². The summed E-state index contributed by atoms with van der Waals surface area (Å²) in [6, 6.07) is 5.10. The fourth-order valence-corrected chi connectivity index (χ4v) is 3.92. The van der Waals surface area contributed by atoms with Gasteiger partial charge in [-0.15, -0.1) is 11.3 Å². The number of nitrogens with zero attached hydrogens (tertiary/aromatic N) is 1. The fraction of sp³-hybridized carbons (Fsp3) is 0.364. The molecule has 0 fully saturated rings. The summed E-state index contributed by atoms with van der Waals surface area (Å²) in [5.74, 6) is 0.654. The van der Waals surface area contributed by atoms with Gasteiger partial charge in [0.05, 0.1) is 12.2 Å². The van der Waals surface area contributed by atoms with Gasteiger partial charge in [0.15, 0.2) is 0 Å². The van der Waals surface area contributed by atoms with Crippen LogP contribution in [0, 0.1) is 6.92 Å². The maximum atomic E-state index is 12.1. The highest BCUT2D eigenvalue weighted by Gasteiger charge is 2.17. The molecule has 0 aliphatic heterocycles. The van der Waals surface area contributed by atoms with Gasteiger partial charge in [0.25, 0.3) is 0 Å². The number of aryl methyl sites for hydroxylation is 1. The Balaban J connectivity index is 2.04. The topological polar surface area (TPSA) is 84.2 Å². The fourth-order valence-electron chi connectivity index (χ4n) is 1.51. The van der Waals surface area contributed by atoms with Gasteiger partial charge < -0.3 is 9.84 Å². The molecule has 0 amide bonds. The van der Waals surface area contributed by atoms with Crippen LogP contribution in [0.2, 0.25) is 0 Å². The SMILES string of the molecule is CNCc1ccc(S(=O)(=O)NCc2cc(C)on2)s1. The molecule has 0 aliphatic rings. The number of nitrogens with one attached hydrogen (secondary N) is 2. The quantitative estimate of drug-likeness (QED) is 0.838. The van der Waals surface area contributed by atoms with Crippen LogP contribution in [-0.4, -0.2) is 20.6 Å². The van der Waals surface area contributed by atoms with E-state index in [4.69, 9.17) is 4.52 Å². The Morgan fingerprint density at radius 1 is 1.37 bits per heavy atom. The number of rotatable bonds is 6. The van der Waals surface area contributed by atoms with Crippen molar-refractivity contribution in [2.24, 2.45) is 0 Å². The molecule has 104 valence electrons. The van der Waals surface area contributed by atoms with E-state index in [9.17, 15) is 8.42 Å². The minimum atomic E-state index is -3.49. The number of hydrogen-bond acceptors (Lipinski definition) is 6. The Labute approximate surface area is 115 Å². The molecule has 2 heterocycles. The largest absolute Gasteiger partial charge is 0.361 e. The van der Waals surface area contributed by atoms with Gasteiger partial charge in [-0.3, -0.25) is 0 Å². The van der Waals surface area contributed by atoms with Crippen LogP contribution in [0.4, 0.5) is 0 Å². The monoisotopic (exact) mass is 301 g/mol. The van der Waals surface area contributed by atoms with Crippen molar-refractivity contribution in [1.29, 1.82) is 0 Å². The van der Waals surface area contributed by atoms with E-state index in [0.717, 1.165) is 4.88 Å². The van der Waals surface area contributed by atoms with Gasteiger partial charge in [-0.1, -0.05) is 5.16 Å². The molecule has 0 bridgehead atoms. The van der Waals surface area contributed by atoms with Crippen LogP contribution in [0.25, 0.3) is 0 Å². The van der Waals surface area contributed by atoms with Crippen LogP contribution in [0.1, 0.15) is 16.3 Å². The maximum absolute atomic E-state index is 12.1. The first-order valence-electron chi connectivity index (χ1n) is 5.66. The third-order valence-corrected chi connectivity index (χ3v) is 5.35. The van der Waals surface area contributed by atoms with Crippen LogP contribution in [-0.2, 0) is 23.1 Å². The van der Waals surface area contributed by atoms with Crippen molar-refractivity contribution in [3.63, 3.8) is 0 Å². The lowest BCUT2D eigenvalue weighted by molar-refractivity contribution is 0.390. The maximum Gasteiger partial charge on any atom is 0.250 e. The van der Waals surface area contributed by atoms with Gasteiger partial charge in [0, 0.05) is 17.5 Å². The smallest absolute Gasteiger partial charge is 0.250 e. The van der Waals surface area contributed by atoms with Crippen molar-refractivity contribution in [3.8, 4) is 0 Å². The van der Waals surface area contributed by atoms with Crippen molar-refractivity contribution in [1.82, 2.24) is 15.2 Å². The zero-order valence-corrected chi connectivity index (χ0v) is 12.3. The molecule has 0 spiro atoms. The third-order valence-electron chi connectivity index (χ3n) is 2.37. The molecule has 0 unspecified atom stereocenters. The van der Waals surface area contributed by atoms with Gasteiger partial charge in [-0.2, -0.15) is 0 Å². The van der Waals surface area contributed by atoms with Gasteiger partial charge in [0.1, 0.15) is 9.97 Å². The van der Waals surface area contributed by atoms with Gasteiger partial charge in [-0.25, -0.2) is 13.1 Å². The molecule has 0 atom stereocenters. The van der Waals surface area contributed by atoms with E-state index in [1.807, 2.05) is 7.05 Å². The average molecular weight is 301 g/mol. The van der Waals surface area contributed by atoms with E-state index in [2.05, 4.69) is 15.2 Å². The lowest BCUT2D eigenvalue weighted by Gasteiger charge is -2.01. The predicted molar refractivity (Wildman–Crippen MR) is 72.3 cm³/mol.